The van der Waals surface area contributed by atoms with Crippen molar-refractivity contribution in [3.63, 3.8) is 0 Å². The van der Waals surface area contributed by atoms with E-state index in [4.69, 9.17) is 9.15 Å². The number of hydrazone groups is 1. The van der Waals surface area contributed by atoms with Gasteiger partial charge in [0.15, 0.2) is 5.75 Å². The molecule has 0 aliphatic heterocycles. The molecule has 0 unspecified atom stereocenters. The molecule has 0 spiro atoms. The SMILES string of the molecule is Cc1c(C(=O)Oc2cccc3cccnc23)oc2c1/C(=N/NC(=O)c1ccccc1O)CCC2. The van der Waals surface area contributed by atoms with E-state index < -0.39 is 11.9 Å². The number of aryl methyl sites for hydroxylation is 1. The summed E-state index contributed by atoms with van der Waals surface area (Å²) in [5.41, 5.74) is 5.12. The Hall–Kier alpha value is -4.46. The standard InChI is InChI=1S/C26H21N3O5/c1-15-22-18(28-29-25(31)17-9-2-3-11-19(17)30)10-5-12-20(22)33-24(15)26(32)34-21-13-4-7-16-8-6-14-27-23(16)21/h2-4,6-9,11,13-14,30H,5,10,12H2,1H3,(H,29,31)/b28-18+. The van der Waals surface area contributed by atoms with Crippen LogP contribution in [-0.2, 0) is 6.42 Å². The normalized spacial score (nSPS) is 14.1. The summed E-state index contributed by atoms with van der Waals surface area (Å²) in [6.07, 6.45) is 3.65. The second-order valence-electron chi connectivity index (χ2n) is 7.95. The number of furan rings is 1. The van der Waals surface area contributed by atoms with Gasteiger partial charge in [-0.15, -0.1) is 0 Å². The summed E-state index contributed by atoms with van der Waals surface area (Å²) in [5.74, 6) is -0.204. The first-order valence-corrected chi connectivity index (χ1v) is 10.9. The topological polar surface area (TPSA) is 114 Å². The van der Waals surface area contributed by atoms with Gasteiger partial charge in [0.2, 0.25) is 5.76 Å². The van der Waals surface area contributed by atoms with Crippen LogP contribution in [-0.4, -0.2) is 27.7 Å². The monoisotopic (exact) mass is 455 g/mol. The molecule has 1 aliphatic rings. The number of hydrogen-bond donors (Lipinski definition) is 2. The highest BCUT2D eigenvalue weighted by Gasteiger charge is 2.29. The minimum atomic E-state index is -0.623. The van der Waals surface area contributed by atoms with Gasteiger partial charge in [-0.25, -0.2) is 10.2 Å². The fourth-order valence-electron chi connectivity index (χ4n) is 4.12. The zero-order valence-corrected chi connectivity index (χ0v) is 18.4. The van der Waals surface area contributed by atoms with Crippen molar-refractivity contribution in [1.29, 1.82) is 0 Å². The number of pyridine rings is 1. The van der Waals surface area contributed by atoms with E-state index in [1.807, 2.05) is 18.2 Å². The summed E-state index contributed by atoms with van der Waals surface area (Å²) in [6, 6.07) is 15.3. The van der Waals surface area contributed by atoms with E-state index in [9.17, 15) is 14.7 Å². The van der Waals surface area contributed by atoms with Crippen molar-refractivity contribution in [2.75, 3.05) is 0 Å². The maximum absolute atomic E-state index is 13.0. The number of fused-ring (bicyclic) bond motifs is 2. The van der Waals surface area contributed by atoms with Crippen molar-refractivity contribution in [3.05, 3.63) is 89.0 Å². The van der Waals surface area contributed by atoms with Crippen LogP contribution in [0, 0.1) is 6.92 Å². The Bertz CT molecular complexity index is 1450. The van der Waals surface area contributed by atoms with E-state index in [1.165, 1.54) is 12.1 Å². The molecule has 2 heterocycles. The number of benzene rings is 2. The van der Waals surface area contributed by atoms with Crippen LogP contribution in [0.5, 0.6) is 11.5 Å². The lowest BCUT2D eigenvalue weighted by Gasteiger charge is -2.13. The quantitative estimate of drug-likeness (QED) is 0.265. The van der Waals surface area contributed by atoms with Crippen molar-refractivity contribution < 1.29 is 23.8 Å². The zero-order valence-electron chi connectivity index (χ0n) is 18.4. The number of ether oxygens (including phenoxy) is 1. The van der Waals surface area contributed by atoms with Crippen molar-refractivity contribution in [2.24, 2.45) is 5.10 Å². The van der Waals surface area contributed by atoms with E-state index >= 15 is 0 Å². The van der Waals surface area contributed by atoms with Gasteiger partial charge < -0.3 is 14.3 Å². The summed E-state index contributed by atoms with van der Waals surface area (Å²) >= 11 is 0. The molecule has 0 radical (unpaired) electrons. The molecule has 8 heteroatoms. The fourth-order valence-corrected chi connectivity index (χ4v) is 4.12. The predicted octanol–water partition coefficient (Wildman–Crippen LogP) is 4.53. The lowest BCUT2D eigenvalue weighted by molar-refractivity contribution is 0.0700. The average Bonchev–Trinajstić information content (AvgIpc) is 3.20. The first kappa shape index (κ1) is 21.4. The van der Waals surface area contributed by atoms with E-state index in [-0.39, 0.29) is 17.1 Å². The summed E-state index contributed by atoms with van der Waals surface area (Å²) in [5, 5.41) is 15.0. The number of phenols is 1. The third-order valence-corrected chi connectivity index (χ3v) is 5.75. The second-order valence-corrected chi connectivity index (χ2v) is 7.95. The molecule has 8 nitrogen and oxygen atoms in total. The molecule has 2 aromatic carbocycles. The lowest BCUT2D eigenvalue weighted by Crippen LogP contribution is -2.22. The fraction of sp³-hybridized carbons (Fsp3) is 0.154. The van der Waals surface area contributed by atoms with Gasteiger partial charge in [-0.1, -0.05) is 30.3 Å². The number of rotatable bonds is 4. The third-order valence-electron chi connectivity index (χ3n) is 5.75. The number of aromatic hydroxyl groups is 1. The minimum Gasteiger partial charge on any atom is -0.507 e. The summed E-state index contributed by atoms with van der Waals surface area (Å²) in [7, 11) is 0. The number of nitrogens with one attached hydrogen (secondary N) is 1. The predicted molar refractivity (Wildman–Crippen MR) is 125 cm³/mol. The van der Waals surface area contributed by atoms with Gasteiger partial charge in [-0.2, -0.15) is 5.10 Å². The molecule has 2 aromatic heterocycles. The van der Waals surface area contributed by atoms with Crippen LogP contribution in [0.1, 0.15) is 50.6 Å². The van der Waals surface area contributed by atoms with Gasteiger partial charge in [0.05, 0.1) is 11.3 Å². The molecule has 0 saturated carbocycles. The number of carbonyl (C=O) groups is 2. The van der Waals surface area contributed by atoms with Crippen LogP contribution in [0.15, 0.2) is 70.3 Å². The van der Waals surface area contributed by atoms with Crippen LogP contribution in [0.25, 0.3) is 10.9 Å². The number of phenolic OH excluding ortho intramolecular Hbond substituents is 1. The first-order valence-electron chi connectivity index (χ1n) is 10.9. The summed E-state index contributed by atoms with van der Waals surface area (Å²) in [6.45, 7) is 1.77. The molecule has 2 N–H and O–H groups in total. The molecule has 4 aromatic rings. The number of nitrogens with zero attached hydrogens (tertiary/aromatic N) is 2. The van der Waals surface area contributed by atoms with Crippen LogP contribution < -0.4 is 10.2 Å². The summed E-state index contributed by atoms with van der Waals surface area (Å²) < 4.78 is 11.5. The van der Waals surface area contributed by atoms with E-state index in [0.717, 1.165) is 11.8 Å². The molecule has 0 atom stereocenters. The smallest absolute Gasteiger partial charge is 0.380 e. The highest BCUT2D eigenvalue weighted by Crippen LogP contribution is 2.31. The van der Waals surface area contributed by atoms with E-state index in [1.54, 1.807) is 37.4 Å². The van der Waals surface area contributed by atoms with Gasteiger partial charge in [0.1, 0.15) is 17.0 Å². The highest BCUT2D eigenvalue weighted by atomic mass is 16.5. The van der Waals surface area contributed by atoms with Gasteiger partial charge in [0, 0.05) is 29.1 Å². The maximum Gasteiger partial charge on any atom is 0.380 e. The number of hydrogen-bond acceptors (Lipinski definition) is 7. The second kappa shape index (κ2) is 8.82. The van der Waals surface area contributed by atoms with Crippen molar-refractivity contribution >= 4 is 28.5 Å². The van der Waals surface area contributed by atoms with Crippen molar-refractivity contribution in [3.8, 4) is 11.5 Å². The number of amides is 1. The Kier molecular flexibility index (Phi) is 5.55. The molecule has 0 fully saturated rings. The van der Waals surface area contributed by atoms with Gasteiger partial charge in [-0.3, -0.25) is 9.78 Å². The van der Waals surface area contributed by atoms with E-state index in [2.05, 4.69) is 15.5 Å². The molecule has 0 saturated heterocycles. The number of carbonyl (C=O) groups excluding carboxylic acids is 2. The van der Waals surface area contributed by atoms with Crippen molar-refractivity contribution in [2.45, 2.75) is 26.2 Å². The Labute approximate surface area is 194 Å². The molecule has 0 bridgehead atoms. The summed E-state index contributed by atoms with van der Waals surface area (Å²) in [4.78, 5) is 29.8. The van der Waals surface area contributed by atoms with Gasteiger partial charge in [-0.05, 0) is 44.0 Å². The first-order chi connectivity index (χ1) is 16.5. The van der Waals surface area contributed by atoms with E-state index in [0.29, 0.717) is 46.7 Å². The maximum atomic E-state index is 13.0. The zero-order chi connectivity index (χ0) is 23.7. The van der Waals surface area contributed by atoms with Crippen LogP contribution in [0.3, 0.4) is 0 Å². The molecule has 170 valence electrons. The Balaban J connectivity index is 1.42. The number of aromatic nitrogens is 1. The van der Waals surface area contributed by atoms with Crippen LogP contribution in [0.2, 0.25) is 0 Å². The number of para-hydroxylation sites is 2. The molecular weight excluding hydrogens is 434 g/mol. The van der Waals surface area contributed by atoms with Gasteiger partial charge in [0.25, 0.3) is 5.91 Å². The minimum absolute atomic E-state index is 0.0968. The Morgan fingerprint density at radius 1 is 1.09 bits per heavy atom. The highest BCUT2D eigenvalue weighted by molar-refractivity contribution is 6.07. The third kappa shape index (κ3) is 3.90. The van der Waals surface area contributed by atoms with Crippen LogP contribution >= 0.6 is 0 Å². The lowest BCUT2D eigenvalue weighted by atomic mass is 9.93. The Morgan fingerprint density at radius 2 is 1.91 bits per heavy atom. The van der Waals surface area contributed by atoms with Gasteiger partial charge >= 0.3 is 5.97 Å². The Morgan fingerprint density at radius 3 is 2.76 bits per heavy atom. The number of esters is 1. The average molecular weight is 455 g/mol. The van der Waals surface area contributed by atoms with Crippen LogP contribution in [0.4, 0.5) is 0 Å². The largest absolute Gasteiger partial charge is 0.507 e. The molecule has 1 amide bonds. The molecular formula is C26H21N3O5. The molecule has 1 aliphatic carbocycles. The van der Waals surface area contributed by atoms with Crippen molar-refractivity contribution in [1.82, 2.24) is 10.4 Å². The molecule has 5 rings (SSSR count). The molecule has 34 heavy (non-hydrogen) atoms.